The van der Waals surface area contributed by atoms with E-state index < -0.39 is 5.60 Å². The van der Waals surface area contributed by atoms with Gasteiger partial charge in [-0.25, -0.2) is 9.97 Å². The largest absolute Gasteiger partial charge is 0.389 e. The SMILES string of the molecule is CC(C)(O)Cn1cnc2c(-c3cccnc3)nc(-c3ccc(Cl)cc3)cc2c1=O. The fourth-order valence-electron chi connectivity index (χ4n) is 3.17. The van der Waals surface area contributed by atoms with Crippen molar-refractivity contribution < 1.29 is 5.11 Å². The van der Waals surface area contributed by atoms with Crippen LogP contribution in [-0.2, 0) is 6.54 Å². The highest BCUT2D eigenvalue weighted by atomic mass is 35.5. The third-order valence-electron chi connectivity index (χ3n) is 4.44. The zero-order valence-corrected chi connectivity index (χ0v) is 16.8. The molecule has 0 atom stereocenters. The van der Waals surface area contributed by atoms with E-state index in [4.69, 9.17) is 16.6 Å². The summed E-state index contributed by atoms with van der Waals surface area (Å²) in [5, 5.41) is 11.2. The maximum absolute atomic E-state index is 13.2. The Morgan fingerprint density at radius 3 is 2.55 bits per heavy atom. The van der Waals surface area contributed by atoms with E-state index in [1.807, 2.05) is 24.3 Å². The van der Waals surface area contributed by atoms with Crippen molar-refractivity contribution in [3.05, 3.63) is 76.6 Å². The molecule has 6 nitrogen and oxygen atoms in total. The molecule has 1 aromatic carbocycles. The Kier molecular flexibility index (Phi) is 4.90. The Hall–Kier alpha value is -3.09. The lowest BCUT2D eigenvalue weighted by atomic mass is 10.1. The van der Waals surface area contributed by atoms with Gasteiger partial charge in [-0.15, -0.1) is 0 Å². The second-order valence-corrected chi connectivity index (χ2v) is 7.93. The van der Waals surface area contributed by atoms with Crippen molar-refractivity contribution in [2.75, 3.05) is 0 Å². The van der Waals surface area contributed by atoms with Crippen molar-refractivity contribution in [3.8, 4) is 22.5 Å². The summed E-state index contributed by atoms with van der Waals surface area (Å²) >= 11 is 6.01. The molecule has 3 heterocycles. The molecule has 0 radical (unpaired) electrons. The van der Waals surface area contributed by atoms with Gasteiger partial charge in [0.15, 0.2) is 0 Å². The zero-order valence-electron chi connectivity index (χ0n) is 16.0. The summed E-state index contributed by atoms with van der Waals surface area (Å²) in [5.41, 5.74) is 2.02. The van der Waals surface area contributed by atoms with Gasteiger partial charge in [-0.1, -0.05) is 23.7 Å². The molecule has 0 spiro atoms. The molecular formula is C22H19ClN4O2. The lowest BCUT2D eigenvalue weighted by molar-refractivity contribution is 0.0603. The third-order valence-corrected chi connectivity index (χ3v) is 4.69. The number of aliphatic hydroxyl groups is 1. The van der Waals surface area contributed by atoms with Crippen molar-refractivity contribution in [1.29, 1.82) is 0 Å². The van der Waals surface area contributed by atoms with E-state index in [2.05, 4.69) is 9.97 Å². The monoisotopic (exact) mass is 406 g/mol. The number of benzene rings is 1. The van der Waals surface area contributed by atoms with E-state index in [0.717, 1.165) is 11.1 Å². The minimum Gasteiger partial charge on any atom is -0.389 e. The van der Waals surface area contributed by atoms with Crippen LogP contribution >= 0.6 is 11.6 Å². The van der Waals surface area contributed by atoms with E-state index in [1.165, 1.54) is 10.9 Å². The van der Waals surface area contributed by atoms with Crippen LogP contribution in [0.1, 0.15) is 13.8 Å². The van der Waals surface area contributed by atoms with Gasteiger partial charge in [-0.2, -0.15) is 0 Å². The first-order chi connectivity index (χ1) is 13.8. The molecule has 0 amide bonds. The van der Waals surface area contributed by atoms with Gasteiger partial charge in [0.1, 0.15) is 5.52 Å². The van der Waals surface area contributed by atoms with Crippen molar-refractivity contribution in [2.45, 2.75) is 26.0 Å². The lowest BCUT2D eigenvalue weighted by Crippen LogP contribution is -2.33. The summed E-state index contributed by atoms with van der Waals surface area (Å²) < 4.78 is 1.42. The number of halogens is 1. The van der Waals surface area contributed by atoms with Gasteiger partial charge < -0.3 is 5.11 Å². The maximum Gasteiger partial charge on any atom is 0.261 e. The van der Waals surface area contributed by atoms with Gasteiger partial charge >= 0.3 is 0 Å². The average Bonchev–Trinajstić information content (AvgIpc) is 2.70. The van der Waals surface area contributed by atoms with Gasteiger partial charge in [0.2, 0.25) is 0 Å². The molecule has 0 aliphatic heterocycles. The number of nitrogens with zero attached hydrogens (tertiary/aromatic N) is 4. The highest BCUT2D eigenvalue weighted by Gasteiger charge is 2.18. The number of fused-ring (bicyclic) bond motifs is 1. The van der Waals surface area contributed by atoms with Crippen LogP contribution in [0.3, 0.4) is 0 Å². The van der Waals surface area contributed by atoms with Crippen LogP contribution < -0.4 is 5.56 Å². The molecule has 0 unspecified atom stereocenters. The molecule has 29 heavy (non-hydrogen) atoms. The molecule has 3 aromatic heterocycles. The van der Waals surface area contributed by atoms with E-state index in [9.17, 15) is 9.90 Å². The molecule has 0 aliphatic rings. The fourth-order valence-corrected chi connectivity index (χ4v) is 3.29. The van der Waals surface area contributed by atoms with Gasteiger partial charge in [0.05, 0.1) is 35.2 Å². The van der Waals surface area contributed by atoms with Gasteiger partial charge in [0, 0.05) is 28.5 Å². The Bertz CT molecular complexity index is 1230. The number of hydrogen-bond acceptors (Lipinski definition) is 5. The fraction of sp³-hybridized carbons (Fsp3) is 0.182. The lowest BCUT2D eigenvalue weighted by Gasteiger charge is -2.19. The standard InChI is InChI=1S/C22H19ClN4O2/c1-22(2,29)12-27-13-25-20-17(21(27)28)10-18(14-5-7-16(23)8-6-14)26-19(20)15-4-3-9-24-11-15/h3-11,13,29H,12H2,1-2H3. The molecule has 4 aromatic rings. The molecule has 0 bridgehead atoms. The molecule has 1 N–H and O–H groups in total. The minimum atomic E-state index is -1.04. The number of pyridine rings is 2. The van der Waals surface area contributed by atoms with Crippen LogP contribution in [0.25, 0.3) is 33.4 Å². The quantitative estimate of drug-likeness (QED) is 0.555. The van der Waals surface area contributed by atoms with Gasteiger partial charge in [-0.05, 0) is 44.2 Å². The number of rotatable bonds is 4. The Morgan fingerprint density at radius 1 is 1.14 bits per heavy atom. The molecule has 0 saturated heterocycles. The molecule has 4 rings (SSSR count). The normalized spacial score (nSPS) is 11.7. The second kappa shape index (κ2) is 7.39. The van der Waals surface area contributed by atoms with Gasteiger partial charge in [0.25, 0.3) is 5.56 Å². The van der Waals surface area contributed by atoms with E-state index in [-0.39, 0.29) is 12.1 Å². The smallest absolute Gasteiger partial charge is 0.261 e. The minimum absolute atomic E-state index is 0.135. The second-order valence-electron chi connectivity index (χ2n) is 7.49. The molecule has 0 saturated carbocycles. The van der Waals surface area contributed by atoms with Crippen molar-refractivity contribution in [1.82, 2.24) is 19.5 Å². The summed E-state index contributed by atoms with van der Waals surface area (Å²) in [5.74, 6) is 0. The first-order valence-electron chi connectivity index (χ1n) is 9.11. The first-order valence-corrected chi connectivity index (χ1v) is 9.48. The summed E-state index contributed by atoms with van der Waals surface area (Å²) in [6.45, 7) is 3.43. The van der Waals surface area contributed by atoms with Crippen molar-refractivity contribution >= 4 is 22.5 Å². The highest BCUT2D eigenvalue weighted by molar-refractivity contribution is 6.30. The Balaban J connectivity index is 2.01. The van der Waals surface area contributed by atoms with Gasteiger partial charge in [-0.3, -0.25) is 14.3 Å². The van der Waals surface area contributed by atoms with Crippen LogP contribution in [-0.4, -0.2) is 30.2 Å². The molecule has 0 fully saturated rings. The van der Waals surface area contributed by atoms with Crippen molar-refractivity contribution in [3.63, 3.8) is 0 Å². The first kappa shape index (κ1) is 19.2. The van der Waals surface area contributed by atoms with Crippen LogP contribution in [0, 0.1) is 0 Å². The van der Waals surface area contributed by atoms with Crippen LogP contribution in [0.4, 0.5) is 0 Å². The predicted octanol–water partition coefficient (Wildman–Crippen LogP) is 3.94. The summed E-state index contributed by atoms with van der Waals surface area (Å²) in [4.78, 5) is 26.6. The van der Waals surface area contributed by atoms with Crippen LogP contribution in [0.5, 0.6) is 0 Å². The maximum atomic E-state index is 13.2. The Labute approximate surface area is 172 Å². The molecule has 7 heteroatoms. The zero-order chi connectivity index (χ0) is 20.6. The van der Waals surface area contributed by atoms with Crippen LogP contribution in [0.15, 0.2) is 66.0 Å². The summed E-state index contributed by atoms with van der Waals surface area (Å²) in [6.07, 6.45) is 4.82. The number of hydrogen-bond donors (Lipinski definition) is 1. The Morgan fingerprint density at radius 2 is 1.90 bits per heavy atom. The molecular weight excluding hydrogens is 388 g/mol. The highest BCUT2D eigenvalue weighted by Crippen LogP contribution is 2.29. The number of aromatic nitrogens is 4. The van der Waals surface area contributed by atoms with E-state index >= 15 is 0 Å². The topological polar surface area (TPSA) is 80.9 Å². The summed E-state index contributed by atoms with van der Waals surface area (Å²) in [6, 6.07) is 12.7. The molecule has 0 aliphatic carbocycles. The van der Waals surface area contributed by atoms with E-state index in [1.54, 1.807) is 44.4 Å². The van der Waals surface area contributed by atoms with E-state index in [0.29, 0.717) is 27.3 Å². The summed E-state index contributed by atoms with van der Waals surface area (Å²) in [7, 11) is 0. The van der Waals surface area contributed by atoms with Crippen molar-refractivity contribution in [2.24, 2.45) is 0 Å². The third kappa shape index (κ3) is 4.04. The molecule has 146 valence electrons. The average molecular weight is 407 g/mol. The predicted molar refractivity (Wildman–Crippen MR) is 114 cm³/mol. The van der Waals surface area contributed by atoms with Crippen LogP contribution in [0.2, 0.25) is 5.02 Å².